The molecule has 2 aromatic carbocycles. The quantitative estimate of drug-likeness (QED) is 0.545. The molecule has 4 nitrogen and oxygen atoms in total. The van der Waals surface area contributed by atoms with Crippen molar-refractivity contribution < 1.29 is 9.53 Å². The van der Waals surface area contributed by atoms with Crippen LogP contribution >= 0.6 is 0 Å². The second-order valence-corrected chi connectivity index (χ2v) is 8.29. The number of aryl methyl sites for hydroxylation is 1. The molecular formula is C26H30N2O2. The molecule has 3 aromatic rings. The van der Waals surface area contributed by atoms with Gasteiger partial charge in [0.25, 0.3) is 0 Å². The van der Waals surface area contributed by atoms with Gasteiger partial charge in [-0.25, -0.2) is 0 Å². The van der Waals surface area contributed by atoms with E-state index >= 15 is 0 Å². The number of benzene rings is 2. The monoisotopic (exact) mass is 402 g/mol. The lowest BCUT2D eigenvalue weighted by Crippen LogP contribution is -2.31. The van der Waals surface area contributed by atoms with Crippen molar-refractivity contribution in [3.63, 3.8) is 0 Å². The summed E-state index contributed by atoms with van der Waals surface area (Å²) in [6, 6.07) is 18.4. The van der Waals surface area contributed by atoms with E-state index in [1.807, 2.05) is 43.3 Å². The van der Waals surface area contributed by atoms with Crippen LogP contribution in [0.5, 0.6) is 5.75 Å². The van der Waals surface area contributed by atoms with Gasteiger partial charge < -0.3 is 10.1 Å². The summed E-state index contributed by atoms with van der Waals surface area (Å²) in [5.74, 6) is 2.01. The molecule has 0 bridgehead atoms. The summed E-state index contributed by atoms with van der Waals surface area (Å²) in [4.78, 5) is 16.5. The van der Waals surface area contributed by atoms with Crippen molar-refractivity contribution in [1.82, 2.24) is 10.3 Å². The fourth-order valence-electron chi connectivity index (χ4n) is 4.56. The number of carbonyl (C=O) groups is 1. The third-order valence-electron chi connectivity index (χ3n) is 6.19. The summed E-state index contributed by atoms with van der Waals surface area (Å²) >= 11 is 0. The van der Waals surface area contributed by atoms with Crippen molar-refractivity contribution in [2.75, 3.05) is 19.7 Å². The van der Waals surface area contributed by atoms with E-state index in [1.165, 1.54) is 5.56 Å². The topological polar surface area (TPSA) is 51.2 Å². The number of rotatable bonds is 7. The van der Waals surface area contributed by atoms with Crippen LogP contribution in [0.3, 0.4) is 0 Å². The molecule has 1 saturated heterocycles. The number of ether oxygens (including phenoxy) is 1. The van der Waals surface area contributed by atoms with Gasteiger partial charge in [-0.15, -0.1) is 0 Å². The fourth-order valence-corrected chi connectivity index (χ4v) is 4.56. The second-order valence-electron chi connectivity index (χ2n) is 8.29. The lowest BCUT2D eigenvalue weighted by molar-refractivity contribution is 0.101. The predicted octanol–water partition coefficient (Wildman–Crippen LogP) is 5.30. The van der Waals surface area contributed by atoms with Crippen LogP contribution in [0.2, 0.25) is 0 Å². The van der Waals surface area contributed by atoms with Gasteiger partial charge in [0.1, 0.15) is 5.75 Å². The molecule has 0 amide bonds. The van der Waals surface area contributed by atoms with Gasteiger partial charge in [0.05, 0.1) is 12.1 Å². The van der Waals surface area contributed by atoms with E-state index < -0.39 is 0 Å². The van der Waals surface area contributed by atoms with E-state index in [9.17, 15) is 4.79 Å². The lowest BCUT2D eigenvalue weighted by atomic mass is 9.78. The number of hydrogen-bond acceptors (Lipinski definition) is 4. The molecule has 1 atom stereocenters. The van der Waals surface area contributed by atoms with Crippen LogP contribution < -0.4 is 10.1 Å². The van der Waals surface area contributed by atoms with Gasteiger partial charge in [-0.2, -0.15) is 0 Å². The Morgan fingerprint density at radius 2 is 1.93 bits per heavy atom. The maximum atomic E-state index is 11.9. The maximum absolute atomic E-state index is 11.9. The molecule has 30 heavy (non-hydrogen) atoms. The van der Waals surface area contributed by atoms with Crippen LogP contribution in [0.1, 0.15) is 53.7 Å². The molecule has 0 saturated carbocycles. The lowest BCUT2D eigenvalue weighted by Gasteiger charge is -2.31. The summed E-state index contributed by atoms with van der Waals surface area (Å²) in [6.07, 6.45) is 3.25. The standard InChI is InChI=1S/C26H30N2O2/c1-18-9-10-24-25(28-18)7-4-8-26(24)30-16-13-23(20-11-14-27-15-12-20)22-6-3-5-21(17-22)19(2)29/h3-10,17,20,23,27H,11-16H2,1-2H3. The minimum Gasteiger partial charge on any atom is -0.493 e. The minimum absolute atomic E-state index is 0.121. The molecule has 0 aliphatic carbocycles. The van der Waals surface area contributed by atoms with Crippen molar-refractivity contribution in [2.24, 2.45) is 5.92 Å². The van der Waals surface area contributed by atoms with Crippen molar-refractivity contribution in [1.29, 1.82) is 0 Å². The van der Waals surface area contributed by atoms with Gasteiger partial charge in [-0.3, -0.25) is 9.78 Å². The molecule has 0 radical (unpaired) electrons. The molecule has 1 aliphatic rings. The average molecular weight is 403 g/mol. The first-order chi connectivity index (χ1) is 14.6. The first-order valence-electron chi connectivity index (χ1n) is 10.9. The van der Waals surface area contributed by atoms with Crippen LogP contribution in [0, 0.1) is 12.8 Å². The number of Topliss-reactive ketones (excluding diaryl/α,β-unsaturated/α-hetero) is 1. The Balaban J connectivity index is 1.53. The Hall–Kier alpha value is -2.72. The SMILES string of the molecule is CC(=O)c1cccc(C(CCOc2cccc3nc(C)ccc23)C2CCNCC2)c1. The third-order valence-corrected chi connectivity index (χ3v) is 6.19. The molecule has 1 aromatic heterocycles. The van der Waals surface area contributed by atoms with Gasteiger partial charge in [-0.1, -0.05) is 24.3 Å². The number of aromatic nitrogens is 1. The molecular weight excluding hydrogens is 372 g/mol. The number of piperidine rings is 1. The van der Waals surface area contributed by atoms with Crippen LogP contribution in [0.25, 0.3) is 10.9 Å². The van der Waals surface area contributed by atoms with Gasteiger partial charge in [0, 0.05) is 16.6 Å². The molecule has 1 N–H and O–H groups in total. The van der Waals surface area contributed by atoms with Gasteiger partial charge in [0.15, 0.2) is 5.78 Å². The van der Waals surface area contributed by atoms with Crippen molar-refractivity contribution in [3.05, 3.63) is 71.4 Å². The van der Waals surface area contributed by atoms with Gasteiger partial charge >= 0.3 is 0 Å². The summed E-state index contributed by atoms with van der Waals surface area (Å²) < 4.78 is 6.26. The number of carbonyl (C=O) groups excluding carboxylic acids is 1. The van der Waals surface area contributed by atoms with E-state index in [-0.39, 0.29) is 5.78 Å². The van der Waals surface area contributed by atoms with Gasteiger partial charge in [-0.05, 0) is 93.9 Å². The van der Waals surface area contributed by atoms with Crippen molar-refractivity contribution in [2.45, 2.75) is 39.0 Å². The molecule has 0 spiro atoms. The highest BCUT2D eigenvalue weighted by Gasteiger charge is 2.25. The molecule has 4 rings (SSSR count). The molecule has 1 fully saturated rings. The van der Waals surface area contributed by atoms with Crippen molar-refractivity contribution >= 4 is 16.7 Å². The Bertz CT molecular complexity index is 1020. The molecule has 2 heterocycles. The number of ketones is 1. The summed E-state index contributed by atoms with van der Waals surface area (Å²) in [7, 11) is 0. The average Bonchev–Trinajstić information content (AvgIpc) is 2.77. The first-order valence-corrected chi connectivity index (χ1v) is 10.9. The number of nitrogens with one attached hydrogen (secondary N) is 1. The van der Waals surface area contributed by atoms with E-state index in [4.69, 9.17) is 4.74 Å². The van der Waals surface area contributed by atoms with Crippen LogP contribution in [-0.2, 0) is 0 Å². The zero-order chi connectivity index (χ0) is 20.9. The van der Waals surface area contributed by atoms with E-state index in [2.05, 4.69) is 28.5 Å². The first kappa shape index (κ1) is 20.5. The smallest absolute Gasteiger partial charge is 0.159 e. The minimum atomic E-state index is 0.121. The number of pyridine rings is 1. The highest BCUT2D eigenvalue weighted by molar-refractivity contribution is 5.94. The second kappa shape index (κ2) is 9.40. The normalized spacial score (nSPS) is 15.8. The Kier molecular flexibility index (Phi) is 6.44. The summed E-state index contributed by atoms with van der Waals surface area (Å²) in [6.45, 7) is 6.40. The number of nitrogens with zero attached hydrogens (tertiary/aromatic N) is 1. The van der Waals surface area contributed by atoms with Crippen LogP contribution in [0.4, 0.5) is 0 Å². The highest BCUT2D eigenvalue weighted by atomic mass is 16.5. The van der Waals surface area contributed by atoms with E-state index in [0.29, 0.717) is 18.4 Å². The molecule has 4 heteroatoms. The maximum Gasteiger partial charge on any atom is 0.159 e. The van der Waals surface area contributed by atoms with Crippen LogP contribution in [-0.4, -0.2) is 30.5 Å². The fraction of sp³-hybridized carbons (Fsp3) is 0.385. The zero-order valence-corrected chi connectivity index (χ0v) is 17.9. The van der Waals surface area contributed by atoms with Crippen LogP contribution in [0.15, 0.2) is 54.6 Å². The van der Waals surface area contributed by atoms with E-state index in [0.717, 1.165) is 60.3 Å². The zero-order valence-electron chi connectivity index (χ0n) is 17.9. The molecule has 1 unspecified atom stereocenters. The van der Waals surface area contributed by atoms with Crippen molar-refractivity contribution in [3.8, 4) is 5.75 Å². The van der Waals surface area contributed by atoms with E-state index in [1.54, 1.807) is 6.92 Å². The Morgan fingerprint density at radius 3 is 2.73 bits per heavy atom. The largest absolute Gasteiger partial charge is 0.493 e. The number of fused-ring (bicyclic) bond motifs is 1. The molecule has 156 valence electrons. The summed E-state index contributed by atoms with van der Waals surface area (Å²) in [5, 5.41) is 4.52. The number of hydrogen-bond donors (Lipinski definition) is 1. The Labute approximate surface area is 178 Å². The third kappa shape index (κ3) is 4.71. The van der Waals surface area contributed by atoms with Gasteiger partial charge in [0.2, 0.25) is 0 Å². The summed E-state index contributed by atoms with van der Waals surface area (Å²) in [5.41, 5.74) is 4.03. The predicted molar refractivity (Wildman–Crippen MR) is 121 cm³/mol. The Morgan fingerprint density at radius 1 is 1.13 bits per heavy atom. The molecule has 1 aliphatic heterocycles. The highest BCUT2D eigenvalue weighted by Crippen LogP contribution is 2.35.